The summed E-state index contributed by atoms with van der Waals surface area (Å²) >= 11 is 0. The highest BCUT2D eigenvalue weighted by atomic mass is 15.0. The molecule has 0 radical (unpaired) electrons. The molecule has 2 heteroatoms. The number of hydrogen-bond acceptors (Lipinski definition) is 0. The van der Waals surface area contributed by atoms with Crippen molar-refractivity contribution in [2.75, 3.05) is 0 Å². The Morgan fingerprint density at radius 3 is 1.46 bits per heavy atom. The van der Waals surface area contributed by atoms with E-state index >= 15 is 0 Å². The van der Waals surface area contributed by atoms with Gasteiger partial charge in [-0.3, -0.25) is 0 Å². The Kier molecular flexibility index (Phi) is 5.53. The lowest BCUT2D eigenvalue weighted by atomic mass is 9.94. The predicted octanol–water partition coefficient (Wildman–Crippen LogP) is 13.5. The largest absolute Gasteiger partial charge is 0.309 e. The minimum Gasteiger partial charge on any atom is -0.309 e. The molecule has 0 unspecified atom stereocenters. The van der Waals surface area contributed by atoms with Crippen LogP contribution in [-0.4, -0.2) is 9.13 Å². The fraction of sp³-hybridized carbons (Fsp3) is 0. The van der Waals surface area contributed by atoms with Crippen molar-refractivity contribution in [1.82, 2.24) is 9.13 Å². The molecule has 0 saturated heterocycles. The van der Waals surface area contributed by atoms with Gasteiger partial charge < -0.3 is 9.13 Å². The maximum Gasteiger partial charge on any atom is 0.0553 e. The molecule has 0 spiro atoms. The molecule has 0 saturated carbocycles. The zero-order valence-electron chi connectivity index (χ0n) is 28.2. The molecule has 2 heterocycles. The minimum absolute atomic E-state index is 1.15. The molecule has 0 N–H and O–H groups in total. The second-order valence-corrected chi connectivity index (χ2v) is 14.2. The number of fused-ring (bicyclic) bond motifs is 1. The Morgan fingerprint density at radius 2 is 0.769 bits per heavy atom. The average Bonchev–Trinajstić information content (AvgIpc) is 3.73. The Hall–Kier alpha value is -6.90. The first-order valence-corrected chi connectivity index (χ1v) is 18.0. The number of aromatic nitrogens is 2. The van der Waals surface area contributed by atoms with Crippen LogP contribution in [0.2, 0.25) is 0 Å². The van der Waals surface area contributed by atoms with Crippen molar-refractivity contribution in [3.8, 4) is 33.6 Å². The highest BCUT2D eigenvalue weighted by molar-refractivity contribution is 6.26. The van der Waals surface area contributed by atoms with Crippen molar-refractivity contribution in [3.63, 3.8) is 0 Å². The van der Waals surface area contributed by atoms with Crippen LogP contribution in [0.15, 0.2) is 182 Å². The molecule has 12 rings (SSSR count). The molecule has 10 aromatic carbocycles. The molecule has 52 heavy (non-hydrogen) atoms. The number of hydrogen-bond donors (Lipinski definition) is 0. The first-order chi connectivity index (χ1) is 25.8. The van der Waals surface area contributed by atoms with Gasteiger partial charge in [0.15, 0.2) is 0 Å². The summed E-state index contributed by atoms with van der Waals surface area (Å²) in [6.45, 7) is 0. The van der Waals surface area contributed by atoms with E-state index in [1.54, 1.807) is 0 Å². The lowest BCUT2D eigenvalue weighted by Gasteiger charge is -2.14. The first kappa shape index (κ1) is 27.9. The van der Waals surface area contributed by atoms with Crippen molar-refractivity contribution in [2.45, 2.75) is 0 Å². The molecule has 0 amide bonds. The second-order valence-electron chi connectivity index (χ2n) is 14.2. The molecule has 0 bridgehead atoms. The van der Waals surface area contributed by atoms with E-state index < -0.39 is 0 Å². The summed E-state index contributed by atoms with van der Waals surface area (Å²) in [7, 11) is 0. The van der Waals surface area contributed by atoms with Gasteiger partial charge >= 0.3 is 0 Å². The molecule has 240 valence electrons. The van der Waals surface area contributed by atoms with Gasteiger partial charge in [-0.15, -0.1) is 0 Å². The molecular weight excluding hydrogens is 629 g/mol. The number of nitrogens with zero attached hydrogens (tertiary/aromatic N) is 2. The maximum absolute atomic E-state index is 2.49. The zero-order valence-corrected chi connectivity index (χ0v) is 28.2. The van der Waals surface area contributed by atoms with Gasteiger partial charge in [0.25, 0.3) is 0 Å². The third-order valence-corrected chi connectivity index (χ3v) is 11.3. The van der Waals surface area contributed by atoms with Gasteiger partial charge in [0, 0.05) is 32.9 Å². The molecule has 0 aliphatic heterocycles. The standard InChI is InChI=1S/C50H30N2/c1-2-10-31(11-3-1)37-26-35-24-22-33-14-7-20-43-47(33)49(35)45(28-37)51(43)39-16-9-17-40(30-39)52-44-21-8-15-34-23-25-36-27-38(29-46(52)50(36)48(34)44)42-19-6-13-32-12-4-5-18-41(32)42/h1-30H. The van der Waals surface area contributed by atoms with Crippen molar-refractivity contribution in [3.05, 3.63) is 182 Å². The molecule has 0 aliphatic carbocycles. The van der Waals surface area contributed by atoms with Gasteiger partial charge in [-0.25, -0.2) is 0 Å². The van der Waals surface area contributed by atoms with Gasteiger partial charge in [-0.1, -0.05) is 127 Å². The van der Waals surface area contributed by atoms with Gasteiger partial charge in [-0.2, -0.15) is 0 Å². The van der Waals surface area contributed by atoms with Gasteiger partial charge in [0.05, 0.1) is 22.1 Å². The smallest absolute Gasteiger partial charge is 0.0553 e. The first-order valence-electron chi connectivity index (χ1n) is 18.0. The minimum atomic E-state index is 1.15. The summed E-state index contributed by atoms with van der Waals surface area (Å²) in [5, 5.41) is 12.9. The Bertz CT molecular complexity index is 3340. The van der Waals surface area contributed by atoms with Crippen molar-refractivity contribution in [2.24, 2.45) is 0 Å². The Morgan fingerprint density at radius 1 is 0.269 bits per heavy atom. The summed E-state index contributed by atoms with van der Waals surface area (Å²) in [5.41, 5.74) is 12.2. The van der Waals surface area contributed by atoms with Crippen LogP contribution in [0.4, 0.5) is 0 Å². The van der Waals surface area contributed by atoms with Gasteiger partial charge in [0.1, 0.15) is 0 Å². The van der Waals surface area contributed by atoms with E-state index in [4.69, 9.17) is 0 Å². The van der Waals surface area contributed by atoms with Crippen LogP contribution in [-0.2, 0) is 0 Å². The van der Waals surface area contributed by atoms with E-state index in [1.165, 1.54) is 98.2 Å². The summed E-state index contributed by atoms with van der Waals surface area (Å²) in [4.78, 5) is 0. The maximum atomic E-state index is 2.49. The van der Waals surface area contributed by atoms with E-state index in [2.05, 4.69) is 191 Å². The van der Waals surface area contributed by atoms with E-state index in [1.807, 2.05) is 0 Å². The zero-order chi connectivity index (χ0) is 33.9. The topological polar surface area (TPSA) is 9.86 Å². The van der Waals surface area contributed by atoms with Crippen molar-refractivity contribution < 1.29 is 0 Å². The third kappa shape index (κ3) is 3.78. The second kappa shape index (κ2) is 10.3. The third-order valence-electron chi connectivity index (χ3n) is 11.3. The van der Waals surface area contributed by atoms with Crippen LogP contribution >= 0.6 is 0 Å². The van der Waals surface area contributed by atoms with E-state index in [0.717, 1.165) is 11.4 Å². The van der Waals surface area contributed by atoms with Gasteiger partial charge in [0.2, 0.25) is 0 Å². The van der Waals surface area contributed by atoms with Crippen LogP contribution in [0.1, 0.15) is 0 Å². The Balaban J connectivity index is 1.15. The van der Waals surface area contributed by atoms with Crippen LogP contribution in [0.25, 0.3) is 110 Å². The molecular formula is C50H30N2. The van der Waals surface area contributed by atoms with Crippen LogP contribution in [0.3, 0.4) is 0 Å². The predicted molar refractivity (Wildman–Crippen MR) is 221 cm³/mol. The van der Waals surface area contributed by atoms with Crippen LogP contribution in [0, 0.1) is 0 Å². The van der Waals surface area contributed by atoms with Gasteiger partial charge in [-0.05, 0) is 109 Å². The van der Waals surface area contributed by atoms with E-state index in [9.17, 15) is 0 Å². The highest BCUT2D eigenvalue weighted by Gasteiger charge is 2.21. The molecule has 0 aliphatic rings. The normalized spacial score (nSPS) is 12.2. The Labute approximate surface area is 299 Å². The van der Waals surface area contributed by atoms with Crippen molar-refractivity contribution >= 4 is 75.9 Å². The van der Waals surface area contributed by atoms with E-state index in [0.29, 0.717) is 0 Å². The molecule has 0 fully saturated rings. The molecule has 2 nitrogen and oxygen atoms in total. The number of rotatable bonds is 4. The monoisotopic (exact) mass is 658 g/mol. The summed E-state index contributed by atoms with van der Waals surface area (Å²) < 4.78 is 4.97. The summed E-state index contributed by atoms with van der Waals surface area (Å²) in [6, 6.07) is 67.3. The summed E-state index contributed by atoms with van der Waals surface area (Å²) in [6.07, 6.45) is 0. The fourth-order valence-electron chi connectivity index (χ4n) is 9.14. The molecule has 0 atom stereocenters. The number of benzene rings is 10. The van der Waals surface area contributed by atoms with E-state index in [-0.39, 0.29) is 0 Å². The highest BCUT2D eigenvalue weighted by Crippen LogP contribution is 2.44. The molecule has 2 aromatic heterocycles. The quantitative estimate of drug-likeness (QED) is 0.167. The van der Waals surface area contributed by atoms with Crippen molar-refractivity contribution in [1.29, 1.82) is 0 Å². The van der Waals surface area contributed by atoms with Crippen LogP contribution in [0.5, 0.6) is 0 Å². The molecule has 12 aromatic rings. The SMILES string of the molecule is c1ccc(-c2cc3ccc4cccc5c4c3c(c2)n5-c2cccc(-n3c4cccc5ccc6cc(-c7cccc8ccccc78)cc3c6c54)c2)cc1. The fourth-order valence-corrected chi connectivity index (χ4v) is 9.14. The summed E-state index contributed by atoms with van der Waals surface area (Å²) in [5.74, 6) is 0. The lowest BCUT2D eigenvalue weighted by molar-refractivity contribution is 1.13. The average molecular weight is 659 g/mol. The lowest BCUT2D eigenvalue weighted by Crippen LogP contribution is -1.99. The van der Waals surface area contributed by atoms with Crippen LogP contribution < -0.4 is 0 Å².